The average molecular weight is 208 g/mol. The van der Waals surface area contributed by atoms with Crippen LogP contribution in [0.5, 0.6) is 0 Å². The van der Waals surface area contributed by atoms with E-state index in [0.717, 1.165) is 12.8 Å². The second-order valence-corrected chi connectivity index (χ2v) is 5.28. The van der Waals surface area contributed by atoms with Crippen molar-refractivity contribution in [3.05, 3.63) is 29.8 Å². The highest BCUT2D eigenvalue weighted by Gasteiger charge is 2.25. The van der Waals surface area contributed by atoms with Crippen LogP contribution in [0.1, 0.15) is 24.8 Å². The van der Waals surface area contributed by atoms with E-state index in [1.807, 2.05) is 11.8 Å². The molecule has 2 rings (SSSR count). The lowest BCUT2D eigenvalue weighted by molar-refractivity contribution is 0.188. The molecule has 0 spiro atoms. The second-order valence-electron chi connectivity index (χ2n) is 3.97. The number of thioether (sulfide) groups is 1. The number of aliphatic hydroxyl groups is 1. The van der Waals surface area contributed by atoms with Crippen molar-refractivity contribution in [3.8, 4) is 0 Å². The molecule has 0 saturated heterocycles. The van der Waals surface area contributed by atoms with Crippen LogP contribution in [0.25, 0.3) is 0 Å². The molecule has 0 bridgehead atoms. The lowest BCUT2D eigenvalue weighted by atomic mass is 10.2. The van der Waals surface area contributed by atoms with Crippen LogP contribution < -0.4 is 0 Å². The molecule has 1 aromatic rings. The van der Waals surface area contributed by atoms with Crippen LogP contribution in [0.3, 0.4) is 0 Å². The van der Waals surface area contributed by atoms with E-state index >= 15 is 0 Å². The summed E-state index contributed by atoms with van der Waals surface area (Å²) in [6.45, 7) is 2.10. The SMILES string of the molecule is Cc1ccc(SC2CCCC2O)cc1. The Kier molecular flexibility index (Phi) is 3.14. The van der Waals surface area contributed by atoms with Gasteiger partial charge >= 0.3 is 0 Å². The van der Waals surface area contributed by atoms with Gasteiger partial charge in [-0.1, -0.05) is 17.7 Å². The van der Waals surface area contributed by atoms with E-state index in [9.17, 15) is 5.11 Å². The van der Waals surface area contributed by atoms with Gasteiger partial charge in [0, 0.05) is 10.1 Å². The summed E-state index contributed by atoms with van der Waals surface area (Å²) in [5.41, 5.74) is 1.29. The zero-order valence-electron chi connectivity index (χ0n) is 8.44. The van der Waals surface area contributed by atoms with Crippen LogP contribution in [0.4, 0.5) is 0 Å². The van der Waals surface area contributed by atoms with Gasteiger partial charge in [0.15, 0.2) is 0 Å². The van der Waals surface area contributed by atoms with Gasteiger partial charge in [0.1, 0.15) is 0 Å². The van der Waals surface area contributed by atoms with Crippen LogP contribution in [0.15, 0.2) is 29.2 Å². The zero-order chi connectivity index (χ0) is 9.97. The Labute approximate surface area is 89.5 Å². The molecule has 0 aliphatic heterocycles. The molecule has 1 saturated carbocycles. The highest BCUT2D eigenvalue weighted by molar-refractivity contribution is 8.00. The van der Waals surface area contributed by atoms with Gasteiger partial charge < -0.3 is 5.11 Å². The summed E-state index contributed by atoms with van der Waals surface area (Å²) >= 11 is 1.82. The van der Waals surface area contributed by atoms with Gasteiger partial charge in [-0.2, -0.15) is 0 Å². The van der Waals surface area contributed by atoms with E-state index in [-0.39, 0.29) is 6.10 Å². The molecule has 2 unspecified atom stereocenters. The van der Waals surface area contributed by atoms with E-state index in [4.69, 9.17) is 0 Å². The number of aliphatic hydroxyl groups excluding tert-OH is 1. The fourth-order valence-electron chi connectivity index (χ4n) is 1.84. The minimum atomic E-state index is -0.0960. The minimum Gasteiger partial charge on any atom is -0.392 e. The number of benzene rings is 1. The predicted molar refractivity (Wildman–Crippen MR) is 60.7 cm³/mol. The summed E-state index contributed by atoms with van der Waals surface area (Å²) in [4.78, 5) is 1.28. The highest BCUT2D eigenvalue weighted by atomic mass is 32.2. The van der Waals surface area contributed by atoms with Gasteiger partial charge in [0.05, 0.1) is 6.10 Å². The second kappa shape index (κ2) is 4.37. The van der Waals surface area contributed by atoms with E-state index in [0.29, 0.717) is 5.25 Å². The number of aryl methyl sites for hydroxylation is 1. The minimum absolute atomic E-state index is 0.0960. The third-order valence-corrected chi connectivity index (χ3v) is 4.12. The van der Waals surface area contributed by atoms with Crippen LogP contribution in [0, 0.1) is 6.92 Å². The molecule has 1 aliphatic carbocycles. The summed E-state index contributed by atoms with van der Waals surface area (Å²) in [5.74, 6) is 0. The predicted octanol–water partition coefficient (Wildman–Crippen LogP) is 3.00. The fourth-order valence-corrected chi connectivity index (χ4v) is 3.06. The van der Waals surface area contributed by atoms with Crippen molar-refractivity contribution >= 4 is 11.8 Å². The molecule has 1 aliphatic rings. The standard InChI is InChI=1S/C12H16OS/c1-9-5-7-10(8-6-9)14-12-4-2-3-11(12)13/h5-8,11-13H,2-4H2,1H3. The third kappa shape index (κ3) is 2.31. The first-order chi connectivity index (χ1) is 6.75. The molecule has 1 N–H and O–H groups in total. The molecule has 2 heteroatoms. The van der Waals surface area contributed by atoms with Crippen molar-refractivity contribution in [1.82, 2.24) is 0 Å². The highest BCUT2D eigenvalue weighted by Crippen LogP contribution is 2.34. The Morgan fingerprint density at radius 2 is 1.93 bits per heavy atom. The van der Waals surface area contributed by atoms with Crippen LogP contribution >= 0.6 is 11.8 Å². The Hall–Kier alpha value is -0.470. The molecule has 0 amide bonds. The molecular formula is C12H16OS. The molecule has 1 aromatic carbocycles. The van der Waals surface area contributed by atoms with Gasteiger partial charge in [-0.05, 0) is 38.3 Å². The maximum Gasteiger partial charge on any atom is 0.0662 e. The maximum absolute atomic E-state index is 9.68. The quantitative estimate of drug-likeness (QED) is 0.806. The summed E-state index contributed by atoms with van der Waals surface area (Å²) < 4.78 is 0. The van der Waals surface area contributed by atoms with Crippen molar-refractivity contribution in [2.24, 2.45) is 0 Å². The molecular weight excluding hydrogens is 192 g/mol. The zero-order valence-corrected chi connectivity index (χ0v) is 9.26. The van der Waals surface area contributed by atoms with Crippen LogP contribution in [0.2, 0.25) is 0 Å². The first-order valence-corrected chi connectivity index (χ1v) is 6.05. The Bertz CT molecular complexity index is 294. The van der Waals surface area contributed by atoms with Gasteiger partial charge in [0.2, 0.25) is 0 Å². The van der Waals surface area contributed by atoms with Crippen molar-refractivity contribution in [2.75, 3.05) is 0 Å². The van der Waals surface area contributed by atoms with Crippen molar-refractivity contribution in [3.63, 3.8) is 0 Å². The summed E-state index contributed by atoms with van der Waals surface area (Å²) in [6.07, 6.45) is 3.20. The Morgan fingerprint density at radius 1 is 1.21 bits per heavy atom. The van der Waals surface area contributed by atoms with E-state index in [1.54, 1.807) is 0 Å². The molecule has 76 valence electrons. The Balaban J connectivity index is 2.00. The van der Waals surface area contributed by atoms with Gasteiger partial charge in [-0.3, -0.25) is 0 Å². The monoisotopic (exact) mass is 208 g/mol. The molecule has 0 aromatic heterocycles. The lowest BCUT2D eigenvalue weighted by Gasteiger charge is -2.13. The third-order valence-electron chi connectivity index (χ3n) is 2.73. The first kappa shape index (κ1) is 10.1. The molecule has 2 atom stereocenters. The summed E-state index contributed by atoms with van der Waals surface area (Å²) in [5, 5.41) is 10.1. The van der Waals surface area contributed by atoms with Gasteiger partial charge in [-0.15, -0.1) is 11.8 Å². The summed E-state index contributed by atoms with van der Waals surface area (Å²) in [6, 6.07) is 8.55. The van der Waals surface area contributed by atoms with Crippen LogP contribution in [-0.4, -0.2) is 16.5 Å². The largest absolute Gasteiger partial charge is 0.392 e. The summed E-state index contributed by atoms with van der Waals surface area (Å²) in [7, 11) is 0. The topological polar surface area (TPSA) is 20.2 Å². The van der Waals surface area contributed by atoms with Gasteiger partial charge in [0.25, 0.3) is 0 Å². The lowest BCUT2D eigenvalue weighted by Crippen LogP contribution is -2.14. The first-order valence-electron chi connectivity index (χ1n) is 5.17. The van der Waals surface area contributed by atoms with Crippen molar-refractivity contribution < 1.29 is 5.11 Å². The maximum atomic E-state index is 9.68. The van der Waals surface area contributed by atoms with Gasteiger partial charge in [-0.25, -0.2) is 0 Å². The van der Waals surface area contributed by atoms with E-state index in [1.165, 1.54) is 16.9 Å². The average Bonchev–Trinajstić information content (AvgIpc) is 2.56. The smallest absolute Gasteiger partial charge is 0.0662 e. The molecule has 0 radical (unpaired) electrons. The van der Waals surface area contributed by atoms with Crippen LogP contribution in [-0.2, 0) is 0 Å². The fraction of sp³-hybridized carbons (Fsp3) is 0.500. The Morgan fingerprint density at radius 3 is 2.50 bits per heavy atom. The molecule has 0 heterocycles. The number of hydrogen-bond acceptors (Lipinski definition) is 2. The number of rotatable bonds is 2. The van der Waals surface area contributed by atoms with E-state index < -0.39 is 0 Å². The molecule has 1 fully saturated rings. The van der Waals surface area contributed by atoms with Crippen molar-refractivity contribution in [1.29, 1.82) is 0 Å². The molecule has 1 nitrogen and oxygen atoms in total. The molecule has 14 heavy (non-hydrogen) atoms. The normalized spacial score (nSPS) is 26.7. The number of hydrogen-bond donors (Lipinski definition) is 1. The van der Waals surface area contributed by atoms with E-state index in [2.05, 4.69) is 31.2 Å². The van der Waals surface area contributed by atoms with Crippen molar-refractivity contribution in [2.45, 2.75) is 42.4 Å².